The van der Waals surface area contributed by atoms with Crippen LogP contribution in [0.3, 0.4) is 0 Å². The molecule has 20 heavy (non-hydrogen) atoms. The summed E-state index contributed by atoms with van der Waals surface area (Å²) in [4.78, 5) is 0. The van der Waals surface area contributed by atoms with Crippen molar-refractivity contribution in [1.29, 1.82) is 0 Å². The van der Waals surface area contributed by atoms with E-state index in [1.807, 2.05) is 13.0 Å². The predicted molar refractivity (Wildman–Crippen MR) is 76.7 cm³/mol. The zero-order valence-electron chi connectivity index (χ0n) is 12.1. The molecule has 0 saturated heterocycles. The molecule has 4 bridgehead atoms. The molecule has 0 radical (unpaired) electrons. The summed E-state index contributed by atoms with van der Waals surface area (Å²) < 4.78 is 14.1. The van der Waals surface area contributed by atoms with Crippen LogP contribution in [0.15, 0.2) is 18.2 Å². The highest BCUT2D eigenvalue weighted by molar-refractivity contribution is 5.28. The van der Waals surface area contributed by atoms with Crippen molar-refractivity contribution in [2.45, 2.75) is 51.6 Å². The monoisotopic (exact) mass is 274 g/mol. The lowest BCUT2D eigenvalue weighted by molar-refractivity contribution is -0.123. The van der Waals surface area contributed by atoms with E-state index in [0.29, 0.717) is 5.56 Å². The van der Waals surface area contributed by atoms with Gasteiger partial charge in [0.05, 0.1) is 6.10 Å². The Morgan fingerprint density at radius 2 is 1.65 bits per heavy atom. The zero-order valence-corrected chi connectivity index (χ0v) is 12.1. The van der Waals surface area contributed by atoms with Gasteiger partial charge in [-0.2, -0.15) is 0 Å². The van der Waals surface area contributed by atoms with Gasteiger partial charge < -0.3 is 5.11 Å². The second kappa shape index (κ2) is 4.30. The summed E-state index contributed by atoms with van der Waals surface area (Å²) in [6.07, 6.45) is 6.75. The molecule has 0 spiro atoms. The first-order chi connectivity index (χ1) is 9.56. The standard InChI is InChI=1S/C18H23FO/c1-11-2-3-16(19)15(4-11)17(20)18-8-12-5-13(9-18)7-14(6-12)10-18/h2-4,12-14,17,20H,5-10H2,1H3. The van der Waals surface area contributed by atoms with Crippen LogP contribution in [0.25, 0.3) is 0 Å². The summed E-state index contributed by atoms with van der Waals surface area (Å²) in [7, 11) is 0. The third-order valence-electron chi connectivity index (χ3n) is 6.11. The summed E-state index contributed by atoms with van der Waals surface area (Å²) in [5.74, 6) is 2.11. The first-order valence-corrected chi connectivity index (χ1v) is 8.00. The first-order valence-electron chi connectivity index (χ1n) is 8.00. The van der Waals surface area contributed by atoms with E-state index in [1.165, 1.54) is 25.3 Å². The second-order valence-corrected chi connectivity index (χ2v) is 7.71. The van der Waals surface area contributed by atoms with Crippen molar-refractivity contribution in [3.8, 4) is 0 Å². The fourth-order valence-electron chi connectivity index (χ4n) is 5.72. The molecule has 4 aliphatic carbocycles. The summed E-state index contributed by atoms with van der Waals surface area (Å²) in [6, 6.07) is 5.14. The van der Waals surface area contributed by atoms with E-state index in [0.717, 1.165) is 42.6 Å². The SMILES string of the molecule is Cc1ccc(F)c(C(O)C23CC4CC(CC(C4)C2)C3)c1. The molecule has 1 aromatic carbocycles. The van der Waals surface area contributed by atoms with Gasteiger partial charge in [-0.05, 0) is 69.3 Å². The van der Waals surface area contributed by atoms with E-state index < -0.39 is 6.10 Å². The molecule has 1 unspecified atom stereocenters. The molecule has 1 atom stereocenters. The highest BCUT2D eigenvalue weighted by atomic mass is 19.1. The maximum atomic E-state index is 14.1. The predicted octanol–water partition coefficient (Wildman–Crippen LogP) is 4.38. The van der Waals surface area contributed by atoms with Crippen LogP contribution in [0.5, 0.6) is 0 Å². The smallest absolute Gasteiger partial charge is 0.129 e. The number of aliphatic hydroxyl groups excluding tert-OH is 1. The van der Waals surface area contributed by atoms with Crippen molar-refractivity contribution in [1.82, 2.24) is 0 Å². The van der Waals surface area contributed by atoms with Crippen LogP contribution >= 0.6 is 0 Å². The maximum absolute atomic E-state index is 14.1. The molecule has 0 aromatic heterocycles. The molecule has 4 saturated carbocycles. The van der Waals surface area contributed by atoms with E-state index in [1.54, 1.807) is 6.07 Å². The Hall–Kier alpha value is -0.890. The van der Waals surface area contributed by atoms with Gasteiger partial charge in [-0.3, -0.25) is 0 Å². The molecular formula is C18H23FO. The second-order valence-electron chi connectivity index (χ2n) is 7.71. The van der Waals surface area contributed by atoms with E-state index in [2.05, 4.69) is 0 Å². The average Bonchev–Trinajstić information content (AvgIpc) is 2.39. The lowest BCUT2D eigenvalue weighted by Crippen LogP contribution is -2.49. The maximum Gasteiger partial charge on any atom is 0.129 e. The lowest BCUT2D eigenvalue weighted by atomic mass is 9.47. The van der Waals surface area contributed by atoms with Crippen LogP contribution in [-0.2, 0) is 0 Å². The molecule has 4 fully saturated rings. The van der Waals surface area contributed by atoms with Gasteiger partial charge in [0.25, 0.3) is 0 Å². The fraction of sp³-hybridized carbons (Fsp3) is 0.667. The number of aliphatic hydroxyl groups is 1. The highest BCUT2D eigenvalue weighted by Gasteiger charge is 2.54. The molecule has 0 amide bonds. The van der Waals surface area contributed by atoms with Gasteiger partial charge in [-0.25, -0.2) is 4.39 Å². The van der Waals surface area contributed by atoms with Gasteiger partial charge in [0.2, 0.25) is 0 Å². The number of benzene rings is 1. The third-order valence-corrected chi connectivity index (χ3v) is 6.11. The minimum atomic E-state index is -0.615. The van der Waals surface area contributed by atoms with Crippen molar-refractivity contribution in [2.24, 2.45) is 23.2 Å². The molecule has 0 aliphatic heterocycles. The van der Waals surface area contributed by atoms with Crippen LogP contribution < -0.4 is 0 Å². The fourth-order valence-corrected chi connectivity index (χ4v) is 5.72. The Kier molecular flexibility index (Phi) is 2.76. The van der Waals surface area contributed by atoms with E-state index in [4.69, 9.17) is 0 Å². The molecule has 1 nitrogen and oxygen atoms in total. The Labute approximate surface area is 120 Å². The Morgan fingerprint density at radius 3 is 2.20 bits per heavy atom. The number of hydrogen-bond donors (Lipinski definition) is 1. The highest BCUT2D eigenvalue weighted by Crippen LogP contribution is 2.64. The largest absolute Gasteiger partial charge is 0.388 e. The number of rotatable bonds is 2. The molecule has 2 heteroatoms. The van der Waals surface area contributed by atoms with Gasteiger partial charge in [0, 0.05) is 11.0 Å². The van der Waals surface area contributed by atoms with Crippen molar-refractivity contribution in [3.05, 3.63) is 35.1 Å². The molecular weight excluding hydrogens is 251 g/mol. The lowest BCUT2D eigenvalue weighted by Gasteiger charge is -2.58. The van der Waals surface area contributed by atoms with Crippen molar-refractivity contribution in [2.75, 3.05) is 0 Å². The zero-order chi connectivity index (χ0) is 13.9. The summed E-state index contributed by atoms with van der Waals surface area (Å²) in [5.41, 5.74) is 1.53. The van der Waals surface area contributed by atoms with Crippen molar-refractivity contribution >= 4 is 0 Å². The molecule has 4 aliphatic rings. The number of halogens is 1. The topological polar surface area (TPSA) is 20.2 Å². The van der Waals surface area contributed by atoms with Gasteiger partial charge >= 0.3 is 0 Å². The molecule has 0 heterocycles. The summed E-state index contributed by atoms with van der Waals surface area (Å²) in [5, 5.41) is 11.0. The van der Waals surface area contributed by atoms with Gasteiger partial charge in [-0.15, -0.1) is 0 Å². The van der Waals surface area contributed by atoms with E-state index >= 15 is 0 Å². The average molecular weight is 274 g/mol. The van der Waals surface area contributed by atoms with E-state index in [9.17, 15) is 9.50 Å². The summed E-state index contributed by atoms with van der Waals surface area (Å²) >= 11 is 0. The van der Waals surface area contributed by atoms with Crippen molar-refractivity contribution in [3.63, 3.8) is 0 Å². The number of aryl methyl sites for hydroxylation is 1. The van der Waals surface area contributed by atoms with Crippen molar-refractivity contribution < 1.29 is 9.50 Å². The Morgan fingerprint density at radius 1 is 1.10 bits per heavy atom. The van der Waals surface area contributed by atoms with Crippen LogP contribution in [0.4, 0.5) is 4.39 Å². The minimum Gasteiger partial charge on any atom is -0.388 e. The Bertz CT molecular complexity index is 501. The van der Waals surface area contributed by atoms with Crippen LogP contribution in [0.1, 0.15) is 55.8 Å². The normalized spacial score (nSPS) is 40.0. The Balaban J connectivity index is 1.71. The molecule has 108 valence electrons. The minimum absolute atomic E-state index is 0.0383. The van der Waals surface area contributed by atoms with Crippen LogP contribution in [0.2, 0.25) is 0 Å². The van der Waals surface area contributed by atoms with E-state index in [-0.39, 0.29) is 11.2 Å². The third kappa shape index (κ3) is 1.84. The van der Waals surface area contributed by atoms with Gasteiger partial charge in [0.1, 0.15) is 5.82 Å². The summed E-state index contributed by atoms with van der Waals surface area (Å²) in [6.45, 7) is 1.97. The number of hydrogen-bond acceptors (Lipinski definition) is 1. The first kappa shape index (κ1) is 12.8. The molecule has 1 N–H and O–H groups in total. The van der Waals surface area contributed by atoms with Gasteiger partial charge in [-0.1, -0.05) is 17.7 Å². The van der Waals surface area contributed by atoms with Crippen LogP contribution in [0, 0.1) is 35.9 Å². The van der Waals surface area contributed by atoms with Gasteiger partial charge in [0.15, 0.2) is 0 Å². The van der Waals surface area contributed by atoms with Crippen LogP contribution in [-0.4, -0.2) is 5.11 Å². The quantitative estimate of drug-likeness (QED) is 0.848. The molecule has 5 rings (SSSR count). The molecule has 1 aromatic rings.